The van der Waals surface area contributed by atoms with Crippen LogP contribution < -0.4 is 9.80 Å². The molecule has 1 aliphatic carbocycles. The minimum atomic E-state index is 0.879. The summed E-state index contributed by atoms with van der Waals surface area (Å²) in [6.45, 7) is 4.35. The molecule has 58 heavy (non-hydrogen) atoms. The third kappa shape index (κ3) is 4.86. The molecule has 0 aliphatic heterocycles. The molecule has 0 atom stereocenters. The third-order valence-electron chi connectivity index (χ3n) is 12.3. The molecule has 0 radical (unpaired) electrons. The molecule has 0 fully saturated rings. The average Bonchev–Trinajstić information content (AvgIpc) is 3.84. The minimum Gasteiger partial charge on any atom is -0.454 e. The van der Waals surface area contributed by atoms with Crippen LogP contribution in [0.25, 0.3) is 65.4 Å². The largest absolute Gasteiger partial charge is 0.454 e. The van der Waals surface area contributed by atoms with Crippen molar-refractivity contribution in [3.8, 4) is 11.1 Å². The van der Waals surface area contributed by atoms with Crippen molar-refractivity contribution in [1.82, 2.24) is 0 Å². The van der Waals surface area contributed by atoms with E-state index in [1.54, 1.807) is 0 Å². The molecule has 0 unspecified atom stereocenters. The van der Waals surface area contributed by atoms with E-state index in [9.17, 15) is 0 Å². The fraction of sp³-hybridized carbons (Fsp3) is 0.0545. The van der Waals surface area contributed by atoms with Crippen LogP contribution in [0.2, 0.25) is 0 Å². The van der Waals surface area contributed by atoms with Gasteiger partial charge in [-0.25, -0.2) is 0 Å². The second kappa shape index (κ2) is 12.6. The summed E-state index contributed by atoms with van der Waals surface area (Å²) in [4.78, 5) is 4.90. The lowest BCUT2D eigenvalue weighted by Crippen LogP contribution is -2.13. The Kier molecular flexibility index (Phi) is 7.12. The Labute approximate surface area is 337 Å². The second-order valence-electron chi connectivity index (χ2n) is 15.8. The monoisotopic (exact) mass is 742 g/mol. The van der Waals surface area contributed by atoms with Crippen LogP contribution >= 0.6 is 0 Å². The molecular formula is C55H38N2O. The van der Waals surface area contributed by atoms with Gasteiger partial charge in [-0.15, -0.1) is 0 Å². The molecule has 274 valence electrons. The summed E-state index contributed by atoms with van der Waals surface area (Å²) in [5, 5.41) is 9.64. The highest BCUT2D eigenvalue weighted by atomic mass is 16.3. The molecule has 3 nitrogen and oxygen atoms in total. The molecule has 12 rings (SSSR count). The number of aryl methyl sites for hydroxylation is 2. The SMILES string of the molecule is Cc1cccc(N(c2cccc3c2Cc2ccccc2-3)c2ccc3ccc4c(N(c5cccc(C)c5)c5cccc6c5oc5ccccc56)ccc5ccc2c3c54)c1. The molecule has 0 saturated heterocycles. The average molecular weight is 743 g/mol. The molecule has 1 heterocycles. The van der Waals surface area contributed by atoms with Gasteiger partial charge in [0.25, 0.3) is 0 Å². The maximum Gasteiger partial charge on any atom is 0.159 e. The van der Waals surface area contributed by atoms with E-state index < -0.39 is 0 Å². The van der Waals surface area contributed by atoms with Gasteiger partial charge in [-0.2, -0.15) is 0 Å². The van der Waals surface area contributed by atoms with Gasteiger partial charge in [-0.3, -0.25) is 0 Å². The first-order valence-electron chi connectivity index (χ1n) is 20.1. The molecule has 0 bridgehead atoms. The molecule has 0 saturated carbocycles. The quantitative estimate of drug-likeness (QED) is 0.158. The van der Waals surface area contributed by atoms with Crippen LogP contribution in [0, 0.1) is 13.8 Å². The van der Waals surface area contributed by atoms with Gasteiger partial charge in [0, 0.05) is 39.3 Å². The normalized spacial score (nSPS) is 12.2. The van der Waals surface area contributed by atoms with Gasteiger partial charge in [-0.1, -0.05) is 127 Å². The fourth-order valence-electron chi connectivity index (χ4n) is 9.77. The summed E-state index contributed by atoms with van der Waals surface area (Å²) in [6.07, 6.45) is 0.909. The number of para-hydroxylation sites is 2. The number of hydrogen-bond donors (Lipinski definition) is 0. The Bertz CT molecular complexity index is 3430. The van der Waals surface area contributed by atoms with Gasteiger partial charge >= 0.3 is 0 Å². The maximum absolute atomic E-state index is 6.70. The smallest absolute Gasteiger partial charge is 0.159 e. The Hall–Kier alpha value is -7.36. The van der Waals surface area contributed by atoms with E-state index in [1.807, 2.05) is 6.07 Å². The zero-order chi connectivity index (χ0) is 38.5. The standard InChI is InChI=1S/C55H38N2O/c1-34-11-7-14-39(31-34)56(48-20-9-18-42-41-16-4-3-13-38(41)33-47(42)48)49-29-25-36-24-28-46-50(30-26-37-23-27-45(49)53(36)54(37)46)57(40-15-8-12-35(2)32-40)51-21-10-19-44-43-17-5-6-22-52(43)58-55(44)51/h3-32H,33H2,1-2H3. The van der Waals surface area contributed by atoms with Gasteiger partial charge < -0.3 is 14.2 Å². The van der Waals surface area contributed by atoms with Crippen molar-refractivity contribution >= 4 is 88.4 Å². The zero-order valence-corrected chi connectivity index (χ0v) is 32.3. The van der Waals surface area contributed by atoms with Crippen molar-refractivity contribution in [3.63, 3.8) is 0 Å². The van der Waals surface area contributed by atoms with Crippen LogP contribution in [-0.4, -0.2) is 0 Å². The van der Waals surface area contributed by atoms with E-state index in [0.29, 0.717) is 0 Å². The molecule has 1 aromatic heterocycles. The van der Waals surface area contributed by atoms with Gasteiger partial charge in [0.05, 0.1) is 22.7 Å². The van der Waals surface area contributed by atoms with Gasteiger partial charge in [-0.05, 0) is 123 Å². The summed E-state index contributed by atoms with van der Waals surface area (Å²) in [7, 11) is 0. The third-order valence-corrected chi connectivity index (χ3v) is 12.3. The Morgan fingerprint density at radius 3 is 1.67 bits per heavy atom. The van der Waals surface area contributed by atoms with E-state index in [1.165, 1.54) is 77.1 Å². The highest BCUT2D eigenvalue weighted by molar-refractivity contribution is 6.28. The van der Waals surface area contributed by atoms with Crippen molar-refractivity contribution in [3.05, 3.63) is 204 Å². The lowest BCUT2D eigenvalue weighted by atomic mass is 9.91. The van der Waals surface area contributed by atoms with Crippen molar-refractivity contribution in [2.75, 3.05) is 9.80 Å². The molecule has 1 aliphatic rings. The van der Waals surface area contributed by atoms with Crippen LogP contribution in [0.1, 0.15) is 22.3 Å². The Balaban J connectivity index is 1.12. The van der Waals surface area contributed by atoms with Crippen molar-refractivity contribution < 1.29 is 4.42 Å². The lowest BCUT2D eigenvalue weighted by molar-refractivity contribution is 0.669. The number of hydrogen-bond acceptors (Lipinski definition) is 3. The van der Waals surface area contributed by atoms with E-state index in [4.69, 9.17) is 4.42 Å². The molecule has 0 spiro atoms. The highest BCUT2D eigenvalue weighted by Gasteiger charge is 2.27. The summed E-state index contributed by atoms with van der Waals surface area (Å²) in [5.41, 5.74) is 16.4. The van der Waals surface area contributed by atoms with E-state index in [0.717, 1.165) is 51.1 Å². The Morgan fingerprint density at radius 1 is 0.414 bits per heavy atom. The fourth-order valence-corrected chi connectivity index (χ4v) is 9.77. The zero-order valence-electron chi connectivity index (χ0n) is 32.3. The molecule has 0 N–H and O–H groups in total. The molecule has 10 aromatic carbocycles. The number of anilines is 6. The highest BCUT2D eigenvalue weighted by Crippen LogP contribution is 2.51. The predicted molar refractivity (Wildman–Crippen MR) is 245 cm³/mol. The minimum absolute atomic E-state index is 0.879. The number of furan rings is 1. The second-order valence-corrected chi connectivity index (χ2v) is 15.8. The molecule has 0 amide bonds. The van der Waals surface area contributed by atoms with Gasteiger partial charge in [0.15, 0.2) is 5.58 Å². The van der Waals surface area contributed by atoms with Gasteiger partial charge in [0.1, 0.15) is 5.58 Å². The van der Waals surface area contributed by atoms with E-state index >= 15 is 0 Å². The summed E-state index contributed by atoms with van der Waals surface area (Å²) in [6, 6.07) is 66.8. The van der Waals surface area contributed by atoms with Crippen LogP contribution in [0.3, 0.4) is 0 Å². The number of benzene rings is 10. The predicted octanol–water partition coefficient (Wildman–Crippen LogP) is 15.6. The van der Waals surface area contributed by atoms with Gasteiger partial charge in [0.2, 0.25) is 0 Å². The summed E-state index contributed by atoms with van der Waals surface area (Å²) >= 11 is 0. The topological polar surface area (TPSA) is 19.6 Å². The van der Waals surface area contributed by atoms with E-state index in [-0.39, 0.29) is 0 Å². The first-order chi connectivity index (χ1) is 28.6. The summed E-state index contributed by atoms with van der Waals surface area (Å²) < 4.78 is 6.70. The summed E-state index contributed by atoms with van der Waals surface area (Å²) in [5.74, 6) is 0. The van der Waals surface area contributed by atoms with Crippen LogP contribution in [0.15, 0.2) is 186 Å². The number of fused-ring (bicyclic) bond motifs is 6. The molecular weight excluding hydrogens is 705 g/mol. The molecule has 11 aromatic rings. The molecule has 3 heteroatoms. The first-order valence-corrected chi connectivity index (χ1v) is 20.1. The first kappa shape index (κ1) is 32.8. The van der Waals surface area contributed by atoms with Crippen molar-refractivity contribution in [2.45, 2.75) is 20.3 Å². The number of nitrogens with zero attached hydrogens (tertiary/aromatic N) is 2. The van der Waals surface area contributed by atoms with Crippen molar-refractivity contribution in [2.24, 2.45) is 0 Å². The van der Waals surface area contributed by atoms with Crippen LogP contribution in [0.5, 0.6) is 0 Å². The Morgan fingerprint density at radius 2 is 0.966 bits per heavy atom. The van der Waals surface area contributed by atoms with Crippen LogP contribution in [-0.2, 0) is 6.42 Å². The lowest BCUT2D eigenvalue weighted by Gasteiger charge is -2.30. The number of rotatable bonds is 6. The van der Waals surface area contributed by atoms with E-state index in [2.05, 4.69) is 200 Å². The maximum atomic E-state index is 6.70. The van der Waals surface area contributed by atoms with Crippen molar-refractivity contribution in [1.29, 1.82) is 0 Å². The van der Waals surface area contributed by atoms with Crippen LogP contribution in [0.4, 0.5) is 34.1 Å².